The summed E-state index contributed by atoms with van der Waals surface area (Å²) in [7, 11) is 0. The van der Waals surface area contributed by atoms with Gasteiger partial charge in [-0.2, -0.15) is 5.26 Å². The van der Waals surface area contributed by atoms with E-state index >= 15 is 0 Å². The zero-order chi connectivity index (χ0) is 13.9. The van der Waals surface area contributed by atoms with Gasteiger partial charge in [0.05, 0.1) is 6.07 Å². The number of carbonyl (C=O) groups is 1. The monoisotopic (exact) mass is 277 g/mol. The predicted octanol–water partition coefficient (Wildman–Crippen LogP) is 4.39. The Morgan fingerprint density at radius 2 is 1.75 bits per heavy atom. The molecule has 2 nitrogen and oxygen atoms in total. The van der Waals surface area contributed by atoms with Gasteiger partial charge in [-0.1, -0.05) is 48.5 Å². The lowest BCUT2D eigenvalue weighted by Gasteiger charge is -2.07. The first kappa shape index (κ1) is 12.6. The fourth-order valence-electron chi connectivity index (χ4n) is 2.25. The third kappa shape index (κ3) is 2.11. The lowest BCUT2D eigenvalue weighted by atomic mass is 9.92. The largest absolute Gasteiger partial charge is 0.292 e. The van der Waals surface area contributed by atoms with Crippen LogP contribution < -0.4 is 0 Å². The highest BCUT2D eigenvalue weighted by molar-refractivity contribution is 7.17. The summed E-state index contributed by atoms with van der Waals surface area (Å²) in [5, 5.41) is 12.1. The Morgan fingerprint density at radius 3 is 2.50 bits per heavy atom. The van der Waals surface area contributed by atoms with Crippen LogP contribution in [0.2, 0.25) is 0 Å². The van der Waals surface area contributed by atoms with Gasteiger partial charge in [-0.25, -0.2) is 0 Å². The molecule has 3 heteroatoms. The molecule has 1 aromatic heterocycles. The number of nitriles is 1. The second kappa shape index (κ2) is 5.28. The molecule has 0 N–H and O–H groups in total. The van der Waals surface area contributed by atoms with Gasteiger partial charge in [-0.15, -0.1) is 11.3 Å². The van der Waals surface area contributed by atoms with Crippen LogP contribution in [0.15, 0.2) is 60.0 Å². The highest BCUT2D eigenvalue weighted by atomic mass is 32.1. The zero-order valence-electron chi connectivity index (χ0n) is 10.6. The van der Waals surface area contributed by atoms with Crippen LogP contribution in [-0.4, -0.2) is 5.78 Å². The Bertz CT molecular complexity index is 798. The number of benzene rings is 2. The van der Waals surface area contributed by atoms with Crippen molar-refractivity contribution in [3.05, 3.63) is 71.1 Å². The molecule has 0 aliphatic rings. The molecule has 0 fully saturated rings. The third-order valence-corrected chi connectivity index (χ3v) is 4.23. The molecule has 3 rings (SSSR count). The van der Waals surface area contributed by atoms with Gasteiger partial charge in [0.25, 0.3) is 0 Å². The van der Waals surface area contributed by atoms with Crippen molar-refractivity contribution in [3.8, 4) is 6.07 Å². The van der Waals surface area contributed by atoms with Crippen LogP contribution in [0, 0.1) is 11.3 Å². The van der Waals surface area contributed by atoms with Gasteiger partial charge in [0.15, 0.2) is 5.78 Å². The molecule has 20 heavy (non-hydrogen) atoms. The molecular formula is C17H11NOS. The number of Topliss-reactive ketones (excluding diaryl/α,β-unsaturated/α-hetero) is 1. The molecular weight excluding hydrogens is 266 g/mol. The van der Waals surface area contributed by atoms with Crippen LogP contribution in [0.25, 0.3) is 10.1 Å². The number of ketones is 1. The molecule has 2 aromatic carbocycles. The summed E-state index contributed by atoms with van der Waals surface area (Å²) in [4.78, 5) is 12.6. The number of carbonyl (C=O) groups excluding carboxylic acids is 1. The van der Waals surface area contributed by atoms with Crippen molar-refractivity contribution in [3.63, 3.8) is 0 Å². The minimum Gasteiger partial charge on any atom is -0.292 e. The quantitative estimate of drug-likeness (QED) is 0.666. The number of fused-ring (bicyclic) bond motifs is 1. The van der Waals surface area contributed by atoms with E-state index in [2.05, 4.69) is 6.07 Å². The number of thiophene rings is 1. The molecule has 0 unspecified atom stereocenters. The van der Waals surface area contributed by atoms with E-state index in [9.17, 15) is 10.1 Å². The molecule has 3 aromatic rings. The standard InChI is InChI=1S/C17H11NOS/c18-10-14(12-6-2-1-3-7-12)17(19)15-11-20-16-9-5-4-8-13(15)16/h1-9,11,14H/t14-/m1/s1. The average Bonchev–Trinajstić information content (AvgIpc) is 2.93. The molecule has 0 saturated heterocycles. The van der Waals surface area contributed by atoms with E-state index in [0.717, 1.165) is 15.6 Å². The average molecular weight is 277 g/mol. The van der Waals surface area contributed by atoms with Crippen LogP contribution in [-0.2, 0) is 0 Å². The number of rotatable bonds is 3. The Hall–Kier alpha value is -2.44. The van der Waals surface area contributed by atoms with Gasteiger partial charge < -0.3 is 0 Å². The third-order valence-electron chi connectivity index (χ3n) is 3.27. The maximum Gasteiger partial charge on any atom is 0.185 e. The number of nitrogens with zero attached hydrogens (tertiary/aromatic N) is 1. The van der Waals surface area contributed by atoms with Gasteiger partial charge in [-0.3, -0.25) is 4.79 Å². The fourth-order valence-corrected chi connectivity index (χ4v) is 3.20. The predicted molar refractivity (Wildman–Crippen MR) is 81.0 cm³/mol. The SMILES string of the molecule is N#C[C@@H](C(=O)c1csc2ccccc12)c1ccccc1. The topological polar surface area (TPSA) is 40.9 Å². The first-order valence-corrected chi connectivity index (χ1v) is 7.14. The lowest BCUT2D eigenvalue weighted by molar-refractivity contribution is 0.0981. The normalized spacial score (nSPS) is 11.9. The van der Waals surface area contributed by atoms with Gasteiger partial charge in [0.2, 0.25) is 0 Å². The molecule has 0 spiro atoms. The fraction of sp³-hybridized carbons (Fsp3) is 0.0588. The summed E-state index contributed by atoms with van der Waals surface area (Å²) < 4.78 is 1.07. The molecule has 0 aliphatic heterocycles. The van der Waals surface area contributed by atoms with E-state index in [1.54, 1.807) is 0 Å². The van der Waals surface area contributed by atoms with E-state index in [1.807, 2.05) is 60.0 Å². The van der Waals surface area contributed by atoms with Gasteiger partial charge >= 0.3 is 0 Å². The number of hydrogen-bond acceptors (Lipinski definition) is 3. The minimum atomic E-state index is -0.741. The summed E-state index contributed by atoms with van der Waals surface area (Å²) >= 11 is 1.54. The molecule has 0 aliphatic carbocycles. The maximum atomic E-state index is 12.6. The first-order chi connectivity index (χ1) is 9.81. The Morgan fingerprint density at radius 1 is 1.05 bits per heavy atom. The van der Waals surface area contributed by atoms with Crippen LogP contribution in [0.4, 0.5) is 0 Å². The number of hydrogen-bond donors (Lipinski definition) is 0. The van der Waals surface area contributed by atoms with Crippen molar-refractivity contribution in [2.45, 2.75) is 5.92 Å². The van der Waals surface area contributed by atoms with Gasteiger partial charge in [0, 0.05) is 21.0 Å². The lowest BCUT2D eigenvalue weighted by Crippen LogP contribution is -2.10. The summed E-state index contributed by atoms with van der Waals surface area (Å²) in [5.41, 5.74) is 1.39. The first-order valence-electron chi connectivity index (χ1n) is 6.26. The van der Waals surface area contributed by atoms with Gasteiger partial charge in [-0.05, 0) is 11.6 Å². The van der Waals surface area contributed by atoms with Gasteiger partial charge in [0.1, 0.15) is 5.92 Å². The Labute approximate surface area is 120 Å². The molecule has 1 heterocycles. The Balaban J connectivity index is 2.06. The summed E-state index contributed by atoms with van der Waals surface area (Å²) in [6.07, 6.45) is 0. The molecule has 0 radical (unpaired) electrons. The second-order valence-corrected chi connectivity index (χ2v) is 5.39. The molecule has 0 amide bonds. The van der Waals surface area contributed by atoms with E-state index in [1.165, 1.54) is 11.3 Å². The van der Waals surface area contributed by atoms with E-state index in [4.69, 9.17) is 0 Å². The summed E-state index contributed by atoms with van der Waals surface area (Å²) in [6.45, 7) is 0. The van der Waals surface area contributed by atoms with Crippen molar-refractivity contribution in [1.29, 1.82) is 5.26 Å². The van der Waals surface area contributed by atoms with E-state index in [-0.39, 0.29) is 5.78 Å². The molecule has 96 valence electrons. The van der Waals surface area contributed by atoms with Crippen LogP contribution in [0.1, 0.15) is 21.8 Å². The summed E-state index contributed by atoms with van der Waals surface area (Å²) in [5.74, 6) is -0.870. The smallest absolute Gasteiger partial charge is 0.185 e. The maximum absolute atomic E-state index is 12.6. The van der Waals surface area contributed by atoms with Crippen molar-refractivity contribution in [1.82, 2.24) is 0 Å². The zero-order valence-corrected chi connectivity index (χ0v) is 11.4. The molecule has 0 bridgehead atoms. The highest BCUT2D eigenvalue weighted by Gasteiger charge is 2.23. The highest BCUT2D eigenvalue weighted by Crippen LogP contribution is 2.30. The minimum absolute atomic E-state index is 0.129. The molecule has 1 atom stereocenters. The van der Waals surface area contributed by atoms with Crippen molar-refractivity contribution in [2.24, 2.45) is 0 Å². The Kier molecular flexibility index (Phi) is 3.32. The van der Waals surface area contributed by atoms with Crippen molar-refractivity contribution in [2.75, 3.05) is 0 Å². The van der Waals surface area contributed by atoms with Crippen LogP contribution in [0.3, 0.4) is 0 Å². The molecule has 0 saturated carbocycles. The van der Waals surface area contributed by atoms with Crippen molar-refractivity contribution < 1.29 is 4.79 Å². The van der Waals surface area contributed by atoms with Crippen molar-refractivity contribution >= 4 is 27.2 Å². The van der Waals surface area contributed by atoms with E-state index < -0.39 is 5.92 Å². The summed E-state index contributed by atoms with van der Waals surface area (Å²) in [6, 6.07) is 19.1. The van der Waals surface area contributed by atoms with E-state index in [0.29, 0.717) is 5.56 Å². The second-order valence-electron chi connectivity index (χ2n) is 4.48. The van der Waals surface area contributed by atoms with Crippen LogP contribution >= 0.6 is 11.3 Å². The van der Waals surface area contributed by atoms with Crippen LogP contribution in [0.5, 0.6) is 0 Å².